The summed E-state index contributed by atoms with van der Waals surface area (Å²) in [4.78, 5) is 25.9. The summed E-state index contributed by atoms with van der Waals surface area (Å²) in [7, 11) is 1.38. The van der Waals surface area contributed by atoms with Crippen LogP contribution in [0.5, 0.6) is 0 Å². The number of nitrogens with one attached hydrogen (secondary N) is 1. The zero-order valence-corrected chi connectivity index (χ0v) is 19.9. The molecular weight excluding hydrogens is 466 g/mol. The summed E-state index contributed by atoms with van der Waals surface area (Å²) in [6, 6.07) is 19.2. The van der Waals surface area contributed by atoms with Crippen molar-refractivity contribution in [2.45, 2.75) is 44.6 Å². The number of hydrogen-bond donors (Lipinski definition) is 1. The Morgan fingerprint density at radius 3 is 2.53 bits per heavy atom. The van der Waals surface area contributed by atoms with E-state index in [2.05, 4.69) is 39.4 Å². The molecular formula is C27H28BrNO3. The summed E-state index contributed by atoms with van der Waals surface area (Å²) >= 11 is 3.55. The summed E-state index contributed by atoms with van der Waals surface area (Å²) in [6.45, 7) is 0. The molecule has 0 heterocycles. The van der Waals surface area contributed by atoms with E-state index in [4.69, 9.17) is 4.74 Å². The molecule has 1 N–H and O–H groups in total. The van der Waals surface area contributed by atoms with Gasteiger partial charge in [0.1, 0.15) is 6.04 Å². The highest BCUT2D eigenvalue weighted by molar-refractivity contribution is 9.10. The molecule has 0 unspecified atom stereocenters. The summed E-state index contributed by atoms with van der Waals surface area (Å²) in [5.74, 6) is -0.199. The van der Waals surface area contributed by atoms with Crippen molar-refractivity contribution >= 4 is 38.6 Å². The summed E-state index contributed by atoms with van der Waals surface area (Å²) in [5.41, 5.74) is 2.36. The monoisotopic (exact) mass is 493 g/mol. The van der Waals surface area contributed by atoms with Crippen LogP contribution in [0.3, 0.4) is 0 Å². The minimum atomic E-state index is -0.639. The molecule has 1 amide bonds. The number of carbonyl (C=O) groups is 2. The van der Waals surface area contributed by atoms with Crippen LogP contribution in [-0.4, -0.2) is 25.0 Å². The largest absolute Gasteiger partial charge is 0.467 e. The Hall–Kier alpha value is -2.66. The second-order valence-electron chi connectivity index (χ2n) is 8.51. The molecule has 0 aliphatic heterocycles. The number of rotatable bonds is 6. The number of amides is 1. The van der Waals surface area contributed by atoms with Gasteiger partial charge < -0.3 is 10.1 Å². The summed E-state index contributed by atoms with van der Waals surface area (Å²) in [6.07, 6.45) is 6.44. The van der Waals surface area contributed by atoms with Crippen molar-refractivity contribution in [2.75, 3.05) is 7.11 Å². The molecule has 3 aromatic carbocycles. The van der Waals surface area contributed by atoms with Crippen LogP contribution in [0.4, 0.5) is 0 Å². The highest BCUT2D eigenvalue weighted by Gasteiger charge is 2.28. The molecule has 0 radical (unpaired) electrons. The molecule has 1 saturated carbocycles. The molecule has 1 atom stereocenters. The van der Waals surface area contributed by atoms with Crippen LogP contribution in [0.25, 0.3) is 21.9 Å². The Kier molecular flexibility index (Phi) is 7.26. The summed E-state index contributed by atoms with van der Waals surface area (Å²) < 4.78 is 5.91. The quantitative estimate of drug-likeness (QED) is 0.398. The normalized spacial score (nSPS) is 15.3. The number of ether oxygens (including phenoxy) is 1. The highest BCUT2D eigenvalue weighted by atomic mass is 79.9. The molecule has 4 rings (SSSR count). The summed E-state index contributed by atoms with van der Waals surface area (Å²) in [5, 5.41) is 5.17. The third-order valence-electron chi connectivity index (χ3n) is 6.39. The minimum Gasteiger partial charge on any atom is -0.467 e. The molecule has 0 spiro atoms. The number of fused-ring (bicyclic) bond motifs is 1. The van der Waals surface area contributed by atoms with Crippen molar-refractivity contribution in [1.29, 1.82) is 0 Å². The van der Waals surface area contributed by atoms with Gasteiger partial charge in [0.15, 0.2) is 0 Å². The first kappa shape index (κ1) is 22.5. The predicted octanol–water partition coefficient (Wildman–Crippen LogP) is 6.51. The van der Waals surface area contributed by atoms with Crippen LogP contribution in [-0.2, 0) is 9.53 Å². The Morgan fingerprint density at radius 2 is 1.75 bits per heavy atom. The van der Waals surface area contributed by atoms with Gasteiger partial charge in [-0.2, -0.15) is 0 Å². The van der Waals surface area contributed by atoms with E-state index in [1.54, 1.807) is 0 Å². The number of hydrogen-bond acceptors (Lipinski definition) is 3. The Bertz CT molecular complexity index is 1120. The highest BCUT2D eigenvalue weighted by Crippen LogP contribution is 2.33. The second-order valence-corrected chi connectivity index (χ2v) is 9.42. The van der Waals surface area contributed by atoms with Crippen LogP contribution in [0.15, 0.2) is 65.1 Å². The number of esters is 1. The van der Waals surface area contributed by atoms with E-state index in [1.165, 1.54) is 26.4 Å². The van der Waals surface area contributed by atoms with Crippen LogP contribution in [0, 0.1) is 5.92 Å². The van der Waals surface area contributed by atoms with Gasteiger partial charge in [-0.15, -0.1) is 0 Å². The Balaban J connectivity index is 1.66. The van der Waals surface area contributed by atoms with Crippen molar-refractivity contribution in [3.63, 3.8) is 0 Å². The van der Waals surface area contributed by atoms with E-state index in [9.17, 15) is 9.59 Å². The maximum Gasteiger partial charge on any atom is 0.328 e. The van der Waals surface area contributed by atoms with Gasteiger partial charge in [-0.1, -0.05) is 90.5 Å². The average Bonchev–Trinajstić information content (AvgIpc) is 2.83. The van der Waals surface area contributed by atoms with E-state index in [1.807, 2.05) is 42.5 Å². The Labute approximate surface area is 197 Å². The van der Waals surface area contributed by atoms with Crippen LogP contribution < -0.4 is 5.32 Å². The van der Waals surface area contributed by atoms with Crippen molar-refractivity contribution in [3.05, 3.63) is 70.7 Å². The maximum atomic E-state index is 13.4. The predicted molar refractivity (Wildman–Crippen MR) is 132 cm³/mol. The van der Waals surface area contributed by atoms with Crippen LogP contribution in [0.2, 0.25) is 0 Å². The van der Waals surface area contributed by atoms with Crippen molar-refractivity contribution in [2.24, 2.45) is 5.92 Å². The average molecular weight is 494 g/mol. The fraction of sp³-hybridized carbons (Fsp3) is 0.333. The molecule has 5 heteroatoms. The van der Waals surface area contributed by atoms with E-state index in [-0.39, 0.29) is 11.9 Å². The minimum absolute atomic E-state index is 0.258. The lowest BCUT2D eigenvalue weighted by Gasteiger charge is -2.26. The van der Waals surface area contributed by atoms with Gasteiger partial charge >= 0.3 is 5.97 Å². The third-order valence-corrected chi connectivity index (χ3v) is 6.88. The van der Waals surface area contributed by atoms with E-state index in [0.29, 0.717) is 17.9 Å². The Morgan fingerprint density at radius 1 is 1.00 bits per heavy atom. The first-order valence-electron chi connectivity index (χ1n) is 11.2. The third kappa shape index (κ3) is 5.04. The first-order valence-corrected chi connectivity index (χ1v) is 12.0. The van der Waals surface area contributed by atoms with E-state index in [0.717, 1.165) is 39.2 Å². The molecule has 0 aromatic heterocycles. The molecule has 4 nitrogen and oxygen atoms in total. The second kappa shape index (κ2) is 10.3. The van der Waals surface area contributed by atoms with Crippen molar-refractivity contribution in [3.8, 4) is 11.1 Å². The molecule has 32 heavy (non-hydrogen) atoms. The first-order chi connectivity index (χ1) is 15.6. The lowest BCUT2D eigenvalue weighted by atomic mass is 9.84. The standard InChI is InChI=1S/C27H28BrNO3/c1-32-27(31)25(16-18-8-3-2-4-9-18)29-26(30)23-15-14-20(28)17-24(23)22-13-7-11-19-10-5-6-12-21(19)22/h5-7,10-15,17-18,25H,2-4,8-9,16H2,1H3,(H,29,30)/t25-/m1/s1. The molecule has 3 aromatic rings. The van der Waals surface area contributed by atoms with Gasteiger partial charge in [0, 0.05) is 10.0 Å². The van der Waals surface area contributed by atoms with E-state index >= 15 is 0 Å². The fourth-order valence-corrected chi connectivity index (χ4v) is 5.11. The smallest absolute Gasteiger partial charge is 0.328 e. The number of halogens is 1. The zero-order valence-electron chi connectivity index (χ0n) is 18.3. The van der Waals surface area contributed by atoms with Crippen molar-refractivity contribution in [1.82, 2.24) is 5.32 Å². The SMILES string of the molecule is COC(=O)[C@@H](CC1CCCCC1)NC(=O)c1ccc(Br)cc1-c1cccc2ccccc12. The number of methoxy groups -OCH3 is 1. The van der Waals surface area contributed by atoms with Crippen molar-refractivity contribution < 1.29 is 14.3 Å². The van der Waals surface area contributed by atoms with Gasteiger partial charge in [-0.05, 0) is 52.4 Å². The molecule has 0 saturated heterocycles. The maximum absolute atomic E-state index is 13.4. The molecule has 166 valence electrons. The van der Waals surface area contributed by atoms with Gasteiger partial charge in [0.05, 0.1) is 7.11 Å². The lowest BCUT2D eigenvalue weighted by molar-refractivity contribution is -0.143. The fourth-order valence-electron chi connectivity index (χ4n) is 4.75. The topological polar surface area (TPSA) is 55.4 Å². The zero-order chi connectivity index (χ0) is 22.5. The van der Waals surface area contributed by atoms with E-state index < -0.39 is 6.04 Å². The van der Waals surface area contributed by atoms with Crippen LogP contribution >= 0.6 is 15.9 Å². The van der Waals surface area contributed by atoms with Gasteiger partial charge in [0.2, 0.25) is 0 Å². The number of benzene rings is 3. The van der Waals surface area contributed by atoms with Crippen LogP contribution in [0.1, 0.15) is 48.9 Å². The van der Waals surface area contributed by atoms with Gasteiger partial charge in [-0.3, -0.25) is 4.79 Å². The lowest BCUT2D eigenvalue weighted by Crippen LogP contribution is -2.43. The molecule has 0 bridgehead atoms. The molecule has 1 aliphatic carbocycles. The van der Waals surface area contributed by atoms with Gasteiger partial charge in [0.25, 0.3) is 5.91 Å². The molecule has 1 fully saturated rings. The van der Waals surface area contributed by atoms with Gasteiger partial charge in [-0.25, -0.2) is 4.79 Å². The number of carbonyl (C=O) groups excluding carboxylic acids is 2. The molecule has 1 aliphatic rings.